The fourth-order valence-electron chi connectivity index (χ4n) is 7.26. The Labute approximate surface area is 282 Å². The molecule has 1 heterocycles. The van der Waals surface area contributed by atoms with Crippen LogP contribution in [0.3, 0.4) is 0 Å². The molecule has 0 radical (unpaired) electrons. The van der Waals surface area contributed by atoms with Gasteiger partial charge in [0, 0.05) is 38.8 Å². The first kappa shape index (κ1) is 29.5. The van der Waals surface area contributed by atoms with Crippen molar-refractivity contribution >= 4 is 33.3 Å². The van der Waals surface area contributed by atoms with Crippen molar-refractivity contribution in [3.05, 3.63) is 193 Å². The van der Waals surface area contributed by atoms with E-state index in [1.807, 2.05) is 12.1 Å². The molecule has 6 aromatic carbocycles. The van der Waals surface area contributed by atoms with Crippen molar-refractivity contribution < 1.29 is 4.42 Å². The minimum Gasteiger partial charge on any atom is -0.455 e. The maximum absolute atomic E-state index is 6.55. The monoisotopic (exact) mass is 619 g/mol. The van der Waals surface area contributed by atoms with Crippen molar-refractivity contribution in [1.29, 1.82) is 0 Å². The summed E-state index contributed by atoms with van der Waals surface area (Å²) in [5, 5.41) is 2.32. The van der Waals surface area contributed by atoms with Gasteiger partial charge in [-0.2, -0.15) is 0 Å². The SMILES string of the molecule is C=C/C=C(\C=C/Cc1ccccc1)N(c1ccc(-c2ccccc2)cc1)c1ccc2c(c1)C(C)(C)c1ccc3c(oc4ccccc43)c1-2. The van der Waals surface area contributed by atoms with E-state index in [-0.39, 0.29) is 5.41 Å². The molecule has 0 amide bonds. The third-order valence-corrected chi connectivity index (χ3v) is 9.69. The third-order valence-electron chi connectivity index (χ3n) is 9.69. The second kappa shape index (κ2) is 12.1. The zero-order valence-corrected chi connectivity index (χ0v) is 27.4. The number of rotatable bonds is 8. The summed E-state index contributed by atoms with van der Waals surface area (Å²) in [5.41, 5.74) is 13.6. The normalized spacial score (nSPS) is 13.6. The van der Waals surface area contributed by atoms with E-state index < -0.39 is 0 Å². The van der Waals surface area contributed by atoms with E-state index in [0.29, 0.717) is 0 Å². The first-order valence-corrected chi connectivity index (χ1v) is 16.6. The number of benzene rings is 6. The van der Waals surface area contributed by atoms with Crippen molar-refractivity contribution in [2.24, 2.45) is 0 Å². The van der Waals surface area contributed by atoms with Gasteiger partial charge in [0.05, 0.1) is 0 Å². The van der Waals surface area contributed by atoms with E-state index in [1.165, 1.54) is 38.9 Å². The summed E-state index contributed by atoms with van der Waals surface area (Å²) >= 11 is 0. The standard InChI is InChI=1S/C46H37NO/c1-4-14-35(20-13-17-32-15-7-5-8-16-32)47(36-25-23-34(24-26-36)33-18-9-6-10-19-33)37-27-28-40-42(31-37)46(2,3)41-30-29-39-38-21-11-12-22-43(38)48-45(39)44(40)41/h4-16,18-31H,1,17H2,2-3H3/b20-13-,35-14+. The summed E-state index contributed by atoms with van der Waals surface area (Å²) in [6.45, 7) is 8.75. The predicted molar refractivity (Wildman–Crippen MR) is 203 cm³/mol. The van der Waals surface area contributed by atoms with Gasteiger partial charge in [0.25, 0.3) is 0 Å². The number of hydrogen-bond donors (Lipinski definition) is 0. The van der Waals surface area contributed by atoms with Crippen LogP contribution in [0.25, 0.3) is 44.2 Å². The Bertz CT molecular complexity index is 2340. The van der Waals surface area contributed by atoms with Crippen LogP contribution in [0.4, 0.5) is 11.4 Å². The second-order valence-corrected chi connectivity index (χ2v) is 13.0. The molecule has 0 N–H and O–H groups in total. The predicted octanol–water partition coefficient (Wildman–Crippen LogP) is 12.6. The van der Waals surface area contributed by atoms with Gasteiger partial charge in [-0.1, -0.05) is 142 Å². The number of nitrogens with zero attached hydrogens (tertiary/aromatic N) is 1. The van der Waals surface area contributed by atoms with Crippen LogP contribution < -0.4 is 4.90 Å². The van der Waals surface area contributed by atoms with E-state index in [0.717, 1.165) is 45.4 Å². The maximum Gasteiger partial charge on any atom is 0.143 e. The average Bonchev–Trinajstić information content (AvgIpc) is 3.61. The van der Waals surface area contributed by atoms with Gasteiger partial charge in [-0.05, 0) is 82.3 Å². The minimum absolute atomic E-state index is 0.206. The molecular weight excluding hydrogens is 583 g/mol. The molecule has 8 rings (SSSR count). The van der Waals surface area contributed by atoms with E-state index in [4.69, 9.17) is 4.42 Å². The van der Waals surface area contributed by atoms with Crippen molar-refractivity contribution in [3.63, 3.8) is 0 Å². The highest BCUT2D eigenvalue weighted by atomic mass is 16.3. The van der Waals surface area contributed by atoms with Crippen LogP contribution >= 0.6 is 0 Å². The molecule has 0 aliphatic heterocycles. The van der Waals surface area contributed by atoms with Crippen LogP contribution in [0.5, 0.6) is 0 Å². The number of furan rings is 1. The first-order valence-electron chi connectivity index (χ1n) is 16.6. The van der Waals surface area contributed by atoms with Crippen LogP contribution in [-0.2, 0) is 11.8 Å². The second-order valence-electron chi connectivity index (χ2n) is 13.0. The van der Waals surface area contributed by atoms with Gasteiger partial charge >= 0.3 is 0 Å². The van der Waals surface area contributed by atoms with Crippen molar-refractivity contribution in [1.82, 2.24) is 0 Å². The van der Waals surface area contributed by atoms with Gasteiger partial charge in [-0.15, -0.1) is 0 Å². The largest absolute Gasteiger partial charge is 0.455 e. The molecule has 0 fully saturated rings. The van der Waals surface area contributed by atoms with E-state index in [9.17, 15) is 0 Å². The highest BCUT2D eigenvalue weighted by Gasteiger charge is 2.38. The van der Waals surface area contributed by atoms with E-state index in [2.05, 4.69) is 177 Å². The molecule has 2 nitrogen and oxygen atoms in total. The molecular formula is C46H37NO. The van der Waals surface area contributed by atoms with Gasteiger partial charge in [0.2, 0.25) is 0 Å². The first-order chi connectivity index (χ1) is 23.5. The van der Waals surface area contributed by atoms with E-state index in [1.54, 1.807) is 0 Å². The summed E-state index contributed by atoms with van der Waals surface area (Å²) in [4.78, 5) is 2.34. The van der Waals surface area contributed by atoms with Gasteiger partial charge < -0.3 is 9.32 Å². The Balaban J connectivity index is 1.26. The zero-order chi connectivity index (χ0) is 32.7. The molecule has 0 unspecified atom stereocenters. The fraction of sp³-hybridized carbons (Fsp3) is 0.0870. The van der Waals surface area contributed by atoms with Crippen molar-refractivity contribution in [2.45, 2.75) is 25.7 Å². The quantitative estimate of drug-likeness (QED) is 0.157. The third kappa shape index (κ3) is 5.07. The summed E-state index contributed by atoms with van der Waals surface area (Å²) in [5.74, 6) is 0. The molecule has 0 saturated carbocycles. The van der Waals surface area contributed by atoms with Crippen LogP contribution in [0.15, 0.2) is 181 Å². The van der Waals surface area contributed by atoms with Crippen LogP contribution in [0, 0.1) is 0 Å². The van der Waals surface area contributed by atoms with Crippen LogP contribution in [-0.4, -0.2) is 0 Å². The lowest BCUT2D eigenvalue weighted by Crippen LogP contribution is -2.18. The lowest BCUT2D eigenvalue weighted by Gasteiger charge is -2.29. The molecule has 7 aromatic rings. The molecule has 0 atom stereocenters. The van der Waals surface area contributed by atoms with Crippen LogP contribution in [0.1, 0.15) is 30.5 Å². The maximum atomic E-state index is 6.55. The topological polar surface area (TPSA) is 16.4 Å². The smallest absolute Gasteiger partial charge is 0.143 e. The zero-order valence-electron chi connectivity index (χ0n) is 27.4. The molecule has 0 spiro atoms. The summed E-state index contributed by atoms with van der Waals surface area (Å²) in [6.07, 6.45) is 9.26. The fourth-order valence-corrected chi connectivity index (χ4v) is 7.26. The average molecular weight is 620 g/mol. The number of anilines is 2. The molecule has 232 valence electrons. The molecule has 2 heteroatoms. The Morgan fingerprint density at radius 2 is 1.38 bits per heavy atom. The number of para-hydroxylation sites is 1. The highest BCUT2D eigenvalue weighted by molar-refractivity contribution is 6.11. The van der Waals surface area contributed by atoms with Gasteiger partial charge in [-0.3, -0.25) is 0 Å². The Kier molecular flexibility index (Phi) is 7.42. The number of allylic oxidation sites excluding steroid dienone is 4. The lowest BCUT2D eigenvalue weighted by molar-refractivity contribution is 0.653. The van der Waals surface area contributed by atoms with Crippen LogP contribution in [0.2, 0.25) is 0 Å². The molecule has 1 aliphatic rings. The lowest BCUT2D eigenvalue weighted by atomic mass is 9.82. The number of fused-ring (bicyclic) bond motifs is 7. The van der Waals surface area contributed by atoms with Gasteiger partial charge in [0.1, 0.15) is 11.2 Å². The summed E-state index contributed by atoms with van der Waals surface area (Å²) < 4.78 is 6.55. The number of hydrogen-bond acceptors (Lipinski definition) is 2. The molecule has 0 bridgehead atoms. The molecule has 48 heavy (non-hydrogen) atoms. The van der Waals surface area contributed by atoms with Crippen molar-refractivity contribution in [3.8, 4) is 22.3 Å². The Morgan fingerprint density at radius 3 is 2.15 bits per heavy atom. The molecule has 0 saturated heterocycles. The van der Waals surface area contributed by atoms with E-state index >= 15 is 0 Å². The molecule has 1 aromatic heterocycles. The van der Waals surface area contributed by atoms with Gasteiger partial charge in [-0.25, -0.2) is 0 Å². The summed E-state index contributed by atoms with van der Waals surface area (Å²) in [7, 11) is 0. The highest BCUT2D eigenvalue weighted by Crippen LogP contribution is 2.53. The minimum atomic E-state index is -0.206. The Hall–Kier alpha value is -5.86. The Morgan fingerprint density at radius 1 is 0.688 bits per heavy atom. The van der Waals surface area contributed by atoms with Gasteiger partial charge in [0.15, 0.2) is 0 Å². The molecule has 1 aliphatic carbocycles. The van der Waals surface area contributed by atoms with Crippen molar-refractivity contribution in [2.75, 3.05) is 4.90 Å². The summed E-state index contributed by atoms with van der Waals surface area (Å²) in [6, 6.07) is 49.7.